The van der Waals surface area contributed by atoms with Gasteiger partial charge >= 0.3 is 0 Å². The van der Waals surface area contributed by atoms with E-state index in [0.29, 0.717) is 78.5 Å². The van der Waals surface area contributed by atoms with E-state index >= 15 is 0 Å². The molecule has 0 aromatic rings. The van der Waals surface area contributed by atoms with Crippen LogP contribution >= 0.6 is 0 Å². The highest BCUT2D eigenvalue weighted by atomic mass is 16.5. The van der Waals surface area contributed by atoms with Crippen LogP contribution in [0.15, 0.2) is 0 Å². The molecule has 0 aliphatic carbocycles. The number of carbonyl (C=O) groups is 2. The Hall–Kier alpha value is -1.02. The highest BCUT2D eigenvalue weighted by Crippen LogP contribution is 2.11. The minimum Gasteiger partial charge on any atom is -0.379 e. The van der Waals surface area contributed by atoms with Crippen LogP contribution in [0.2, 0.25) is 0 Å². The molecule has 1 N–H and O–H groups in total. The fraction of sp³-hybridized carbons (Fsp3) is 0.931. The lowest BCUT2D eigenvalue weighted by Crippen LogP contribution is -2.27. The summed E-state index contributed by atoms with van der Waals surface area (Å²) in [6.07, 6.45) is 17.5. The van der Waals surface area contributed by atoms with Crippen molar-refractivity contribution in [2.75, 3.05) is 59.4 Å². The van der Waals surface area contributed by atoms with Gasteiger partial charge in [0.1, 0.15) is 5.78 Å². The predicted molar refractivity (Wildman–Crippen MR) is 147 cm³/mol. The van der Waals surface area contributed by atoms with Gasteiger partial charge in [0.15, 0.2) is 0 Å². The van der Waals surface area contributed by atoms with Crippen molar-refractivity contribution in [1.29, 1.82) is 0 Å². The fourth-order valence-electron chi connectivity index (χ4n) is 3.77. The highest BCUT2D eigenvalue weighted by molar-refractivity contribution is 5.78. The molecule has 0 saturated carbocycles. The summed E-state index contributed by atoms with van der Waals surface area (Å²) in [7, 11) is 0. The monoisotopic (exact) mass is 515 g/mol. The molecule has 0 fully saturated rings. The maximum Gasteiger partial charge on any atom is 0.220 e. The molecule has 0 atom stereocenters. The number of amides is 1. The van der Waals surface area contributed by atoms with Gasteiger partial charge in [0.2, 0.25) is 5.91 Å². The van der Waals surface area contributed by atoms with Gasteiger partial charge in [-0.05, 0) is 19.3 Å². The van der Waals surface area contributed by atoms with Gasteiger partial charge in [-0.25, -0.2) is 0 Å². The second kappa shape index (κ2) is 30.2. The van der Waals surface area contributed by atoms with Crippen LogP contribution < -0.4 is 5.32 Å². The largest absolute Gasteiger partial charge is 0.379 e. The van der Waals surface area contributed by atoms with Crippen LogP contribution in [0.5, 0.6) is 0 Å². The molecule has 0 unspecified atom stereocenters. The zero-order chi connectivity index (χ0) is 26.4. The van der Waals surface area contributed by atoms with Crippen molar-refractivity contribution in [2.24, 2.45) is 0 Å². The van der Waals surface area contributed by atoms with Crippen molar-refractivity contribution in [3.63, 3.8) is 0 Å². The Morgan fingerprint density at radius 3 is 1.61 bits per heavy atom. The number of rotatable bonds is 30. The van der Waals surface area contributed by atoms with E-state index in [1.54, 1.807) is 0 Å². The van der Waals surface area contributed by atoms with Crippen molar-refractivity contribution >= 4 is 11.7 Å². The van der Waals surface area contributed by atoms with Crippen LogP contribution in [-0.2, 0) is 28.5 Å². The molecular weight excluding hydrogens is 458 g/mol. The molecule has 0 aliphatic rings. The average Bonchev–Trinajstić information content (AvgIpc) is 2.87. The summed E-state index contributed by atoms with van der Waals surface area (Å²) in [6, 6.07) is 0. The number of hydrogen-bond donors (Lipinski definition) is 1. The Balaban J connectivity index is 3.23. The Labute approximate surface area is 221 Å². The highest BCUT2D eigenvalue weighted by Gasteiger charge is 2.03. The van der Waals surface area contributed by atoms with E-state index in [-0.39, 0.29) is 11.7 Å². The number of hydrogen-bond acceptors (Lipinski definition) is 6. The third kappa shape index (κ3) is 29.2. The molecule has 0 radical (unpaired) electrons. The fourth-order valence-corrected chi connectivity index (χ4v) is 3.77. The molecule has 0 heterocycles. The van der Waals surface area contributed by atoms with Crippen LogP contribution in [-0.4, -0.2) is 71.1 Å². The quantitative estimate of drug-likeness (QED) is 0.118. The Morgan fingerprint density at radius 2 is 1.00 bits per heavy atom. The Kier molecular flexibility index (Phi) is 29.3. The lowest BCUT2D eigenvalue weighted by molar-refractivity contribution is -0.122. The minimum absolute atomic E-state index is 0.116. The maximum atomic E-state index is 11.9. The van der Waals surface area contributed by atoms with Crippen molar-refractivity contribution in [2.45, 2.75) is 117 Å². The van der Waals surface area contributed by atoms with Gasteiger partial charge < -0.3 is 24.3 Å². The van der Waals surface area contributed by atoms with Gasteiger partial charge in [0, 0.05) is 39.0 Å². The summed E-state index contributed by atoms with van der Waals surface area (Å²) >= 11 is 0. The van der Waals surface area contributed by atoms with Gasteiger partial charge in [-0.1, -0.05) is 78.1 Å². The second-order valence-corrected chi connectivity index (χ2v) is 9.48. The van der Waals surface area contributed by atoms with Crippen LogP contribution in [0, 0.1) is 0 Å². The molecule has 214 valence electrons. The first kappa shape index (κ1) is 35.0. The summed E-state index contributed by atoms with van der Waals surface area (Å²) < 4.78 is 21.7. The first-order chi connectivity index (χ1) is 17.7. The van der Waals surface area contributed by atoms with E-state index in [2.05, 4.69) is 19.2 Å². The van der Waals surface area contributed by atoms with Crippen LogP contribution in [0.1, 0.15) is 117 Å². The second-order valence-electron chi connectivity index (χ2n) is 9.48. The SMILES string of the molecule is CCCCCCCCCCCCCC(=O)NCCOCCOCCCC(=O)CCOCCOCCC. The van der Waals surface area contributed by atoms with Crippen LogP contribution in [0.4, 0.5) is 0 Å². The van der Waals surface area contributed by atoms with Gasteiger partial charge in [0.25, 0.3) is 0 Å². The van der Waals surface area contributed by atoms with Gasteiger partial charge in [0.05, 0.1) is 39.6 Å². The molecule has 0 rings (SSSR count). The Bertz CT molecular complexity index is 475. The van der Waals surface area contributed by atoms with E-state index in [9.17, 15) is 9.59 Å². The van der Waals surface area contributed by atoms with Gasteiger partial charge in [-0.2, -0.15) is 0 Å². The molecule has 0 saturated heterocycles. The van der Waals surface area contributed by atoms with Crippen LogP contribution in [0.3, 0.4) is 0 Å². The molecule has 7 nitrogen and oxygen atoms in total. The number of Topliss-reactive ketones (excluding diaryl/α,β-unsaturated/α-hetero) is 1. The normalized spacial score (nSPS) is 11.2. The molecular formula is C29H57NO6. The van der Waals surface area contributed by atoms with Gasteiger partial charge in [-0.3, -0.25) is 9.59 Å². The molecule has 7 heteroatoms. The molecule has 0 bridgehead atoms. The lowest BCUT2D eigenvalue weighted by atomic mass is 10.1. The molecule has 0 spiro atoms. The van der Waals surface area contributed by atoms with E-state index < -0.39 is 0 Å². The number of ether oxygens (including phenoxy) is 4. The number of carbonyl (C=O) groups excluding carboxylic acids is 2. The Morgan fingerprint density at radius 1 is 0.472 bits per heavy atom. The zero-order valence-corrected chi connectivity index (χ0v) is 23.6. The van der Waals surface area contributed by atoms with Gasteiger partial charge in [-0.15, -0.1) is 0 Å². The summed E-state index contributed by atoms with van der Waals surface area (Å²) in [5.74, 6) is 0.318. The number of ketones is 1. The van der Waals surface area contributed by atoms with Crippen molar-refractivity contribution < 1.29 is 28.5 Å². The smallest absolute Gasteiger partial charge is 0.220 e. The predicted octanol–water partition coefficient (Wildman–Crippen LogP) is 6.02. The van der Waals surface area contributed by atoms with Crippen molar-refractivity contribution in [1.82, 2.24) is 5.32 Å². The number of unbranched alkanes of at least 4 members (excludes halogenated alkanes) is 10. The standard InChI is InChI=1S/C29H57NO6/c1-3-5-6-7-8-9-10-11-12-13-14-17-29(32)30-19-23-36-27-25-34-21-15-16-28(31)18-22-35-26-24-33-20-4-2/h3-27H2,1-2H3,(H,30,32). The lowest BCUT2D eigenvalue weighted by Gasteiger charge is -2.08. The van der Waals surface area contributed by atoms with Crippen LogP contribution in [0.25, 0.3) is 0 Å². The zero-order valence-electron chi connectivity index (χ0n) is 23.6. The first-order valence-electron chi connectivity index (χ1n) is 14.8. The molecule has 0 aliphatic heterocycles. The van der Waals surface area contributed by atoms with Crippen molar-refractivity contribution in [3.05, 3.63) is 0 Å². The topological polar surface area (TPSA) is 83.1 Å². The summed E-state index contributed by atoms with van der Waals surface area (Å²) in [5, 5.41) is 2.92. The molecule has 36 heavy (non-hydrogen) atoms. The first-order valence-corrected chi connectivity index (χ1v) is 14.8. The van der Waals surface area contributed by atoms with E-state index in [1.807, 2.05) is 0 Å². The molecule has 0 aromatic heterocycles. The molecule has 1 amide bonds. The maximum absolute atomic E-state index is 11.9. The minimum atomic E-state index is 0.116. The molecule has 0 aromatic carbocycles. The summed E-state index contributed by atoms with van der Waals surface area (Å²) in [4.78, 5) is 23.7. The average molecular weight is 516 g/mol. The summed E-state index contributed by atoms with van der Waals surface area (Å²) in [5.41, 5.74) is 0. The van der Waals surface area contributed by atoms with E-state index in [1.165, 1.54) is 57.8 Å². The summed E-state index contributed by atoms with van der Waals surface area (Å²) in [6.45, 7) is 9.25. The van der Waals surface area contributed by atoms with Crippen molar-refractivity contribution in [3.8, 4) is 0 Å². The van der Waals surface area contributed by atoms with E-state index in [4.69, 9.17) is 18.9 Å². The van der Waals surface area contributed by atoms with E-state index in [0.717, 1.165) is 25.9 Å². The third-order valence-corrected chi connectivity index (χ3v) is 5.94. The number of nitrogens with one attached hydrogen (secondary N) is 1. The third-order valence-electron chi connectivity index (χ3n) is 5.94.